The van der Waals surface area contributed by atoms with Gasteiger partial charge in [-0.05, 0) is 107 Å². The second kappa shape index (κ2) is 13.1. The summed E-state index contributed by atoms with van der Waals surface area (Å²) in [5.41, 5.74) is 27.7. The maximum absolute atomic E-state index is 5.66. The van der Waals surface area contributed by atoms with Crippen molar-refractivity contribution in [3.63, 3.8) is 0 Å². The average Bonchev–Trinajstić information content (AvgIpc) is 3.69. The highest BCUT2D eigenvalue weighted by Gasteiger charge is 2.50. The van der Waals surface area contributed by atoms with E-state index in [1.54, 1.807) is 0 Å². The maximum atomic E-state index is 5.66. The van der Waals surface area contributed by atoms with Crippen molar-refractivity contribution in [2.75, 3.05) is 7.05 Å². The lowest BCUT2D eigenvalue weighted by molar-refractivity contribution is 0.781. The van der Waals surface area contributed by atoms with E-state index in [4.69, 9.17) is 11.5 Å². The van der Waals surface area contributed by atoms with E-state index in [0.717, 1.165) is 17.4 Å². The van der Waals surface area contributed by atoms with Gasteiger partial charge in [-0.25, -0.2) is 0 Å². The third-order valence-electron chi connectivity index (χ3n) is 11.3. The van der Waals surface area contributed by atoms with Crippen molar-refractivity contribution in [1.29, 1.82) is 0 Å². The Labute approximate surface area is 310 Å². The van der Waals surface area contributed by atoms with E-state index < -0.39 is 6.17 Å². The van der Waals surface area contributed by atoms with E-state index in [9.17, 15) is 0 Å². The predicted molar refractivity (Wildman–Crippen MR) is 224 cm³/mol. The van der Waals surface area contributed by atoms with Crippen molar-refractivity contribution in [1.82, 2.24) is 0 Å². The molecule has 0 bridgehead atoms. The summed E-state index contributed by atoms with van der Waals surface area (Å²) in [4.78, 5) is 0. The zero-order chi connectivity index (χ0) is 36.1. The Hall–Kier alpha value is -6.10. The van der Waals surface area contributed by atoms with Crippen molar-refractivity contribution in [2.24, 2.45) is 17.2 Å². The van der Waals surface area contributed by atoms with Gasteiger partial charge in [0.15, 0.2) is 0 Å². The minimum Gasteiger partial charge on any atom is -0.333 e. The van der Waals surface area contributed by atoms with Gasteiger partial charge < -0.3 is 17.2 Å². The third kappa shape index (κ3) is 5.01. The standard InChI is InChI=1S/C38H24.C11H12N2.CH5N/c1-2-13-29-25(8-1)9-5-12-28(29)22-24-18-21-31-30-14-3-4-15-32(30)38(35(31)23-24)33-16-6-10-26-19-20-27-11-7-17-34(38)37(27)36(26)33;12-11(13)10-7-3-5-8-4-1-2-6-9(8)10;1-2/h1-21,23H,22H2;1-7,11H,12-13H2;2H2,1H3. The van der Waals surface area contributed by atoms with E-state index in [2.05, 4.69) is 151 Å². The summed E-state index contributed by atoms with van der Waals surface area (Å²) in [6, 6.07) is 64.2. The van der Waals surface area contributed by atoms with E-state index >= 15 is 0 Å². The molecule has 3 nitrogen and oxygen atoms in total. The Morgan fingerprint density at radius 3 is 1.64 bits per heavy atom. The molecule has 9 aromatic rings. The van der Waals surface area contributed by atoms with Gasteiger partial charge in [0.25, 0.3) is 0 Å². The number of hydrogen-bond acceptors (Lipinski definition) is 3. The summed E-state index contributed by atoms with van der Waals surface area (Å²) in [5.74, 6) is 0. The molecule has 0 aliphatic heterocycles. The minimum absolute atomic E-state index is 0.288. The number of rotatable bonds is 3. The van der Waals surface area contributed by atoms with Gasteiger partial charge in [0, 0.05) is 0 Å². The lowest BCUT2D eigenvalue weighted by atomic mass is 9.70. The Balaban J connectivity index is 0.000000210. The van der Waals surface area contributed by atoms with Crippen LogP contribution in [0.15, 0.2) is 176 Å². The molecule has 0 saturated carbocycles. The zero-order valence-electron chi connectivity index (χ0n) is 29.8. The lowest BCUT2D eigenvalue weighted by Gasteiger charge is -2.31. The van der Waals surface area contributed by atoms with E-state index in [0.29, 0.717) is 0 Å². The van der Waals surface area contributed by atoms with Gasteiger partial charge in [0.1, 0.15) is 0 Å². The van der Waals surface area contributed by atoms with Crippen LogP contribution in [0.4, 0.5) is 0 Å². The van der Waals surface area contributed by atoms with Crippen LogP contribution in [0.1, 0.15) is 45.1 Å². The van der Waals surface area contributed by atoms with Crippen molar-refractivity contribution < 1.29 is 0 Å². The molecule has 0 heterocycles. The predicted octanol–water partition coefficient (Wildman–Crippen LogP) is 10.7. The Bertz CT molecular complexity index is 2760. The molecule has 53 heavy (non-hydrogen) atoms. The van der Waals surface area contributed by atoms with Crippen LogP contribution in [-0.2, 0) is 11.8 Å². The topological polar surface area (TPSA) is 78.1 Å². The van der Waals surface area contributed by atoms with E-state index in [-0.39, 0.29) is 5.41 Å². The van der Waals surface area contributed by atoms with Gasteiger partial charge in [-0.15, -0.1) is 0 Å². The number of fused-ring (bicyclic) bond motifs is 9. The molecular weight excluding hydrogens is 643 g/mol. The molecular formula is C50H41N3. The normalized spacial score (nSPS) is 12.9. The van der Waals surface area contributed by atoms with Crippen LogP contribution >= 0.6 is 0 Å². The fourth-order valence-electron chi connectivity index (χ4n) is 9.15. The van der Waals surface area contributed by atoms with Crippen LogP contribution in [0.5, 0.6) is 0 Å². The lowest BCUT2D eigenvalue weighted by Crippen LogP contribution is -2.26. The van der Waals surface area contributed by atoms with Crippen molar-refractivity contribution in [3.8, 4) is 11.1 Å². The van der Waals surface area contributed by atoms with Crippen LogP contribution in [0.3, 0.4) is 0 Å². The fraction of sp³-hybridized carbons (Fsp3) is 0.0800. The molecule has 1 spiro atoms. The van der Waals surface area contributed by atoms with Gasteiger partial charge >= 0.3 is 0 Å². The summed E-state index contributed by atoms with van der Waals surface area (Å²) in [6.07, 6.45) is 0.522. The SMILES string of the molecule is CN.NC(N)c1cccc2ccccc12.c1ccc2c(c1)-c1ccc(Cc3cccc4ccccc34)cc1C21c2cccc3ccc4cccc1c4c23. The molecule has 0 unspecified atom stereocenters. The molecule has 6 N–H and O–H groups in total. The quantitative estimate of drug-likeness (QED) is 0.128. The fourth-order valence-corrected chi connectivity index (χ4v) is 9.15. The first-order valence-electron chi connectivity index (χ1n) is 18.3. The Morgan fingerprint density at radius 2 is 0.943 bits per heavy atom. The monoisotopic (exact) mass is 683 g/mol. The first kappa shape index (κ1) is 32.8. The van der Waals surface area contributed by atoms with Crippen LogP contribution in [0, 0.1) is 0 Å². The summed E-state index contributed by atoms with van der Waals surface area (Å²) < 4.78 is 0. The van der Waals surface area contributed by atoms with E-state index in [1.165, 1.54) is 89.3 Å². The van der Waals surface area contributed by atoms with Crippen molar-refractivity contribution >= 4 is 43.1 Å². The molecule has 0 aromatic heterocycles. The number of hydrogen-bond donors (Lipinski definition) is 3. The molecule has 0 atom stereocenters. The molecule has 9 aromatic carbocycles. The van der Waals surface area contributed by atoms with Gasteiger partial charge in [-0.1, -0.05) is 176 Å². The summed E-state index contributed by atoms with van der Waals surface area (Å²) in [5, 5.41) is 10.5. The zero-order valence-corrected chi connectivity index (χ0v) is 29.8. The third-order valence-corrected chi connectivity index (χ3v) is 11.3. The second-order valence-corrected chi connectivity index (χ2v) is 14.0. The molecule has 2 aliphatic carbocycles. The molecule has 3 heteroatoms. The largest absolute Gasteiger partial charge is 0.333 e. The molecule has 0 fully saturated rings. The number of benzene rings is 9. The smallest absolute Gasteiger partial charge is 0.0790 e. The van der Waals surface area contributed by atoms with Crippen LogP contribution in [-0.4, -0.2) is 7.05 Å². The van der Waals surface area contributed by atoms with Crippen molar-refractivity contribution in [3.05, 3.63) is 215 Å². The van der Waals surface area contributed by atoms with Gasteiger partial charge in [0.2, 0.25) is 0 Å². The summed E-state index contributed by atoms with van der Waals surface area (Å²) in [7, 11) is 1.50. The molecule has 0 radical (unpaired) electrons. The van der Waals surface area contributed by atoms with Gasteiger partial charge in [0.05, 0.1) is 11.6 Å². The highest BCUT2D eigenvalue weighted by Crippen LogP contribution is 2.62. The van der Waals surface area contributed by atoms with Crippen LogP contribution in [0.25, 0.3) is 54.2 Å². The summed E-state index contributed by atoms with van der Waals surface area (Å²) in [6.45, 7) is 0. The molecule has 0 saturated heterocycles. The first-order valence-corrected chi connectivity index (χ1v) is 18.3. The summed E-state index contributed by atoms with van der Waals surface area (Å²) >= 11 is 0. The van der Waals surface area contributed by atoms with Crippen LogP contribution in [0.2, 0.25) is 0 Å². The van der Waals surface area contributed by atoms with E-state index in [1.807, 2.05) is 30.3 Å². The van der Waals surface area contributed by atoms with Gasteiger partial charge in [-0.2, -0.15) is 0 Å². The van der Waals surface area contributed by atoms with Crippen LogP contribution < -0.4 is 17.2 Å². The average molecular weight is 684 g/mol. The second-order valence-electron chi connectivity index (χ2n) is 14.0. The number of nitrogens with two attached hydrogens (primary N) is 3. The van der Waals surface area contributed by atoms with Gasteiger partial charge in [-0.3, -0.25) is 0 Å². The first-order chi connectivity index (χ1) is 26.1. The molecule has 11 rings (SSSR count). The van der Waals surface area contributed by atoms with Crippen molar-refractivity contribution in [2.45, 2.75) is 18.0 Å². The Kier molecular flexibility index (Phi) is 8.13. The molecule has 0 amide bonds. The maximum Gasteiger partial charge on any atom is 0.0790 e. The highest BCUT2D eigenvalue weighted by atomic mass is 14.8. The molecule has 256 valence electrons. The Morgan fingerprint density at radius 1 is 0.434 bits per heavy atom. The molecule has 2 aliphatic rings. The minimum atomic E-state index is -0.397. The highest BCUT2D eigenvalue weighted by molar-refractivity contribution is 6.17.